The minimum atomic E-state index is -2.11. The highest BCUT2D eigenvalue weighted by molar-refractivity contribution is 9.25. The lowest BCUT2D eigenvalue weighted by molar-refractivity contribution is 0.334. The topological polar surface area (TPSA) is 18.5 Å². The summed E-state index contributed by atoms with van der Waals surface area (Å²) in [6.45, 7) is 1.93. The molecule has 12 heavy (non-hydrogen) atoms. The average Bonchev–Trinajstić information content (AvgIpc) is 2.06. The number of rotatable bonds is 3. The molecule has 1 unspecified atom stereocenters. The molecule has 0 amide bonds. The lowest BCUT2D eigenvalue weighted by Gasteiger charge is -2.18. The van der Waals surface area contributed by atoms with E-state index in [1.807, 2.05) is 36.9 Å². The normalized spacial score (nSPS) is 15.2. The minimum absolute atomic E-state index is 0.838. The Morgan fingerprint density at radius 3 is 2.33 bits per heavy atom. The van der Waals surface area contributed by atoms with Crippen LogP contribution in [0.15, 0.2) is 30.3 Å². The zero-order valence-electron chi connectivity index (χ0n) is 7.08. The van der Waals surface area contributed by atoms with Gasteiger partial charge in [0.1, 0.15) is 5.75 Å². The first kappa shape index (κ1) is 9.76. The molecule has 1 aromatic rings. The molecule has 0 heterocycles. The van der Waals surface area contributed by atoms with Crippen LogP contribution in [0.5, 0.6) is 5.75 Å². The van der Waals surface area contributed by atoms with Crippen molar-refractivity contribution in [2.24, 2.45) is 0 Å². The van der Waals surface area contributed by atoms with Gasteiger partial charge in [0.05, 0.1) is 0 Å². The fourth-order valence-corrected chi connectivity index (χ4v) is 1.94. The van der Waals surface area contributed by atoms with Gasteiger partial charge in [0.15, 0.2) is 0 Å². The summed E-state index contributed by atoms with van der Waals surface area (Å²) in [7, 11) is -0.463. The lowest BCUT2D eigenvalue weighted by Crippen LogP contribution is -2.33. The molecule has 1 aromatic carbocycles. The van der Waals surface area contributed by atoms with Crippen molar-refractivity contribution in [1.29, 1.82) is 0 Å². The molecule has 66 valence electrons. The van der Waals surface area contributed by atoms with Crippen LogP contribution in [-0.4, -0.2) is 14.3 Å². The Labute approximate surface area is 81.3 Å². The number of hydrogen-bond donors (Lipinski definition) is 0. The summed E-state index contributed by atoms with van der Waals surface area (Å²) in [5.41, 5.74) is 0. The van der Waals surface area contributed by atoms with E-state index in [1.54, 1.807) is 7.11 Å². The van der Waals surface area contributed by atoms with Gasteiger partial charge in [-0.25, -0.2) is 0 Å². The Balaban J connectivity index is 2.64. The molecule has 0 N–H and O–H groups in total. The van der Waals surface area contributed by atoms with Crippen molar-refractivity contribution in [1.82, 2.24) is 0 Å². The van der Waals surface area contributed by atoms with Gasteiger partial charge in [-0.15, -0.1) is 0 Å². The number of hydrogen-bond acceptors (Lipinski definition) is 2. The third-order valence-electron chi connectivity index (χ3n) is 1.41. The van der Waals surface area contributed by atoms with Crippen LogP contribution in [0.4, 0.5) is 0 Å². The van der Waals surface area contributed by atoms with Crippen LogP contribution < -0.4 is 4.43 Å². The van der Waals surface area contributed by atoms with E-state index in [0.29, 0.717) is 0 Å². The summed E-state index contributed by atoms with van der Waals surface area (Å²) >= 11 is 3.41. The van der Waals surface area contributed by atoms with E-state index in [1.165, 1.54) is 0 Å². The van der Waals surface area contributed by atoms with Crippen molar-refractivity contribution in [2.45, 2.75) is 6.55 Å². The molecular weight excluding hydrogens is 236 g/mol. The van der Waals surface area contributed by atoms with Crippen LogP contribution >= 0.6 is 15.3 Å². The van der Waals surface area contributed by atoms with Gasteiger partial charge in [0, 0.05) is 13.7 Å². The van der Waals surface area contributed by atoms with Crippen LogP contribution in [0.2, 0.25) is 6.55 Å². The summed E-state index contributed by atoms with van der Waals surface area (Å²) in [6.07, 6.45) is 0. The van der Waals surface area contributed by atoms with Crippen molar-refractivity contribution in [3.8, 4) is 5.75 Å². The van der Waals surface area contributed by atoms with Crippen LogP contribution in [-0.2, 0) is 4.43 Å². The van der Waals surface area contributed by atoms with Gasteiger partial charge in [0.2, 0.25) is 0 Å². The highest BCUT2D eigenvalue weighted by Crippen LogP contribution is 2.19. The van der Waals surface area contributed by atoms with E-state index in [2.05, 4.69) is 15.3 Å². The zero-order valence-corrected chi connectivity index (χ0v) is 9.67. The van der Waals surface area contributed by atoms with E-state index in [0.717, 1.165) is 5.75 Å². The van der Waals surface area contributed by atoms with Crippen LogP contribution in [0.1, 0.15) is 0 Å². The maximum absolute atomic E-state index is 5.58. The van der Waals surface area contributed by atoms with Gasteiger partial charge in [-0.1, -0.05) is 18.2 Å². The first-order chi connectivity index (χ1) is 5.64. The summed E-state index contributed by atoms with van der Waals surface area (Å²) in [4.78, 5) is 0. The van der Waals surface area contributed by atoms with Gasteiger partial charge in [-0.05, 0) is 27.4 Å². The predicted molar refractivity (Wildman–Crippen MR) is 54.6 cm³/mol. The summed E-state index contributed by atoms with van der Waals surface area (Å²) in [5, 5.41) is 0. The first-order valence-electron chi connectivity index (χ1n) is 3.62. The molecule has 0 fully saturated rings. The quantitative estimate of drug-likeness (QED) is 0.604. The molecule has 0 aliphatic rings. The molecule has 1 atom stereocenters. The largest absolute Gasteiger partial charge is 0.513 e. The Bertz CT molecular complexity index is 238. The number of benzene rings is 1. The summed E-state index contributed by atoms with van der Waals surface area (Å²) in [6, 6.07) is 9.63. The summed E-state index contributed by atoms with van der Waals surface area (Å²) < 4.78 is 10.8. The van der Waals surface area contributed by atoms with Crippen molar-refractivity contribution in [3.63, 3.8) is 0 Å². The standard InChI is InChI=1S/C8H11BrO2Si/c1-10-12(2,9)11-8-6-4-3-5-7-8/h3-7H,1-2H3. The van der Waals surface area contributed by atoms with E-state index >= 15 is 0 Å². The van der Waals surface area contributed by atoms with Gasteiger partial charge >= 0.3 is 7.18 Å². The second kappa shape index (κ2) is 4.07. The van der Waals surface area contributed by atoms with Crippen LogP contribution in [0.25, 0.3) is 0 Å². The van der Waals surface area contributed by atoms with Gasteiger partial charge in [-0.3, -0.25) is 0 Å². The molecule has 0 aromatic heterocycles. The average molecular weight is 247 g/mol. The van der Waals surface area contributed by atoms with E-state index in [4.69, 9.17) is 8.85 Å². The fraction of sp³-hybridized carbons (Fsp3) is 0.250. The molecule has 4 heteroatoms. The van der Waals surface area contributed by atoms with Gasteiger partial charge < -0.3 is 8.85 Å². The molecule has 0 spiro atoms. The van der Waals surface area contributed by atoms with Crippen molar-refractivity contribution in [3.05, 3.63) is 30.3 Å². The van der Waals surface area contributed by atoms with E-state index in [-0.39, 0.29) is 0 Å². The monoisotopic (exact) mass is 246 g/mol. The fourth-order valence-electron chi connectivity index (χ4n) is 0.741. The number of halogens is 1. The Morgan fingerprint density at radius 2 is 1.83 bits per heavy atom. The molecule has 0 saturated carbocycles. The Morgan fingerprint density at radius 1 is 1.25 bits per heavy atom. The molecule has 0 saturated heterocycles. The lowest BCUT2D eigenvalue weighted by atomic mass is 10.3. The van der Waals surface area contributed by atoms with Crippen LogP contribution in [0.3, 0.4) is 0 Å². The number of para-hydroxylation sites is 1. The summed E-state index contributed by atoms with van der Waals surface area (Å²) in [5.74, 6) is 0.838. The minimum Gasteiger partial charge on any atom is -0.513 e. The van der Waals surface area contributed by atoms with Crippen molar-refractivity contribution >= 4 is 22.5 Å². The second-order valence-electron chi connectivity index (χ2n) is 2.45. The maximum Gasteiger partial charge on any atom is 0.472 e. The van der Waals surface area contributed by atoms with E-state index in [9.17, 15) is 0 Å². The third kappa shape index (κ3) is 2.96. The van der Waals surface area contributed by atoms with Gasteiger partial charge in [-0.2, -0.15) is 0 Å². The Hall–Kier alpha value is -0.323. The van der Waals surface area contributed by atoms with Crippen molar-refractivity contribution in [2.75, 3.05) is 7.11 Å². The molecule has 0 aliphatic heterocycles. The smallest absolute Gasteiger partial charge is 0.472 e. The molecule has 0 bridgehead atoms. The van der Waals surface area contributed by atoms with Gasteiger partial charge in [0.25, 0.3) is 0 Å². The third-order valence-corrected chi connectivity index (χ3v) is 4.19. The highest BCUT2D eigenvalue weighted by Gasteiger charge is 2.28. The zero-order chi connectivity index (χ0) is 9.03. The SMILES string of the molecule is CO[Si](C)(Br)Oc1ccccc1. The second-order valence-corrected chi connectivity index (χ2v) is 9.06. The molecule has 0 aliphatic carbocycles. The molecular formula is C8H11BrO2Si. The molecule has 2 nitrogen and oxygen atoms in total. The molecule has 0 radical (unpaired) electrons. The highest BCUT2D eigenvalue weighted by atomic mass is 79.9. The van der Waals surface area contributed by atoms with Crippen LogP contribution in [0, 0.1) is 0 Å². The Kier molecular flexibility index (Phi) is 3.31. The van der Waals surface area contributed by atoms with Crippen molar-refractivity contribution < 1.29 is 8.85 Å². The maximum atomic E-state index is 5.58. The first-order valence-corrected chi connectivity index (χ1v) is 8.19. The van der Waals surface area contributed by atoms with E-state index < -0.39 is 7.18 Å². The molecule has 1 rings (SSSR count). The predicted octanol–water partition coefficient (Wildman–Crippen LogP) is 2.68.